The average Bonchev–Trinajstić information content (AvgIpc) is 2.28. The molecule has 5 heteroatoms. The molecule has 2 N–H and O–H groups in total. The molecule has 1 atom stereocenters. The van der Waals surface area contributed by atoms with Gasteiger partial charge in [-0.2, -0.15) is 0 Å². The van der Waals surface area contributed by atoms with Gasteiger partial charge in [-0.3, -0.25) is 20.2 Å². The monoisotopic (exact) mass is 246 g/mol. The molecule has 0 saturated carbocycles. The number of barbiturate groups is 1. The van der Waals surface area contributed by atoms with Crippen LogP contribution in [0.4, 0.5) is 4.79 Å². The van der Waals surface area contributed by atoms with Gasteiger partial charge in [0.15, 0.2) is 0 Å². The minimum Gasteiger partial charge on any atom is -0.277 e. The summed E-state index contributed by atoms with van der Waals surface area (Å²) in [6.07, 6.45) is 0.612. The van der Waals surface area contributed by atoms with Crippen LogP contribution in [-0.4, -0.2) is 17.8 Å². The molecule has 0 aromatic heterocycles. The molecule has 0 radical (unpaired) electrons. The number of urea groups is 1. The number of hydrogen-bond donors (Lipinski definition) is 2. The Morgan fingerprint density at radius 3 is 2.17 bits per heavy atom. The molecule has 1 saturated heterocycles. The van der Waals surface area contributed by atoms with E-state index in [2.05, 4.69) is 10.6 Å². The first kappa shape index (κ1) is 12.3. The Labute approximate surface area is 105 Å². The van der Waals surface area contributed by atoms with E-state index in [-0.39, 0.29) is 5.92 Å². The summed E-state index contributed by atoms with van der Waals surface area (Å²) in [5.74, 6) is -2.03. The van der Waals surface area contributed by atoms with E-state index < -0.39 is 23.8 Å². The van der Waals surface area contributed by atoms with E-state index in [9.17, 15) is 14.4 Å². The van der Waals surface area contributed by atoms with Crippen LogP contribution in [-0.2, 0) is 16.0 Å². The number of imide groups is 2. The van der Waals surface area contributed by atoms with Crippen molar-refractivity contribution in [3.63, 3.8) is 0 Å². The summed E-state index contributed by atoms with van der Waals surface area (Å²) in [6.45, 7) is 1.83. The first-order valence-corrected chi connectivity index (χ1v) is 5.77. The molecule has 1 aromatic rings. The van der Waals surface area contributed by atoms with Gasteiger partial charge in [0.1, 0.15) is 5.92 Å². The van der Waals surface area contributed by atoms with Crippen molar-refractivity contribution in [1.82, 2.24) is 10.6 Å². The third-order valence-corrected chi connectivity index (χ3v) is 3.01. The molecule has 18 heavy (non-hydrogen) atoms. The normalized spacial score (nSPS) is 18.2. The van der Waals surface area contributed by atoms with Crippen molar-refractivity contribution < 1.29 is 14.4 Å². The van der Waals surface area contributed by atoms with Gasteiger partial charge >= 0.3 is 6.03 Å². The van der Waals surface area contributed by atoms with Crippen molar-refractivity contribution in [2.24, 2.45) is 11.8 Å². The zero-order chi connectivity index (χ0) is 13.1. The summed E-state index contributed by atoms with van der Waals surface area (Å²) in [6, 6.07) is 8.88. The van der Waals surface area contributed by atoms with Crippen LogP contribution in [0.15, 0.2) is 30.3 Å². The van der Waals surface area contributed by atoms with Crippen LogP contribution in [0.25, 0.3) is 0 Å². The maximum absolute atomic E-state index is 11.7. The van der Waals surface area contributed by atoms with Crippen molar-refractivity contribution in [2.75, 3.05) is 0 Å². The Morgan fingerprint density at radius 1 is 1.06 bits per heavy atom. The van der Waals surface area contributed by atoms with Crippen molar-refractivity contribution in [3.8, 4) is 0 Å². The Balaban J connectivity index is 2.09. The topological polar surface area (TPSA) is 75.3 Å². The highest BCUT2D eigenvalue weighted by Gasteiger charge is 2.37. The van der Waals surface area contributed by atoms with Crippen molar-refractivity contribution >= 4 is 17.8 Å². The lowest BCUT2D eigenvalue weighted by molar-refractivity contribution is -0.137. The second-order valence-corrected chi connectivity index (χ2v) is 4.45. The van der Waals surface area contributed by atoms with Gasteiger partial charge in [-0.15, -0.1) is 0 Å². The average molecular weight is 246 g/mol. The molecule has 1 aliphatic heterocycles. The highest BCUT2D eigenvalue weighted by atomic mass is 16.2. The smallest absolute Gasteiger partial charge is 0.277 e. The fourth-order valence-electron chi connectivity index (χ4n) is 2.15. The fourth-order valence-corrected chi connectivity index (χ4v) is 2.15. The van der Waals surface area contributed by atoms with Gasteiger partial charge < -0.3 is 0 Å². The molecular weight excluding hydrogens is 232 g/mol. The standard InChI is InChI=1S/C13H14N2O3/c1-8(7-9-5-3-2-4-6-9)10-11(16)14-13(18)15-12(10)17/h2-6,8,10H,7H2,1H3,(H2,14,15,16,17,18)/t8-/m1/s1. The molecule has 1 aromatic carbocycles. The lowest BCUT2D eigenvalue weighted by atomic mass is 9.86. The molecule has 1 fully saturated rings. The van der Waals surface area contributed by atoms with Gasteiger partial charge in [0.05, 0.1) is 0 Å². The SMILES string of the molecule is C[C@H](Cc1ccccc1)C1C(=O)NC(=O)NC1=O. The molecule has 1 heterocycles. The van der Waals surface area contributed by atoms with Crippen LogP contribution in [0.1, 0.15) is 12.5 Å². The largest absolute Gasteiger partial charge is 0.328 e. The summed E-state index contributed by atoms with van der Waals surface area (Å²) in [7, 11) is 0. The van der Waals surface area contributed by atoms with Crippen molar-refractivity contribution in [3.05, 3.63) is 35.9 Å². The minimum atomic E-state index is -0.817. The van der Waals surface area contributed by atoms with Crippen molar-refractivity contribution in [2.45, 2.75) is 13.3 Å². The van der Waals surface area contributed by atoms with E-state index in [1.54, 1.807) is 0 Å². The minimum absolute atomic E-state index is 0.166. The molecule has 5 nitrogen and oxygen atoms in total. The third-order valence-electron chi connectivity index (χ3n) is 3.01. The quantitative estimate of drug-likeness (QED) is 0.776. The molecule has 4 amide bonds. The van der Waals surface area contributed by atoms with Gasteiger partial charge in [0.25, 0.3) is 0 Å². The summed E-state index contributed by atoms with van der Waals surface area (Å²) >= 11 is 0. The van der Waals surface area contributed by atoms with E-state index in [4.69, 9.17) is 0 Å². The Kier molecular flexibility index (Phi) is 3.41. The van der Waals surface area contributed by atoms with E-state index in [0.717, 1.165) is 5.56 Å². The number of carbonyl (C=O) groups is 3. The highest BCUT2D eigenvalue weighted by molar-refractivity contribution is 6.16. The Morgan fingerprint density at radius 2 is 1.61 bits per heavy atom. The maximum atomic E-state index is 11.7. The number of benzene rings is 1. The van der Waals surface area contributed by atoms with Crippen LogP contribution in [0, 0.1) is 11.8 Å². The van der Waals surface area contributed by atoms with E-state index in [1.807, 2.05) is 37.3 Å². The summed E-state index contributed by atoms with van der Waals surface area (Å²) in [5, 5.41) is 4.23. The van der Waals surface area contributed by atoms with Crippen molar-refractivity contribution in [1.29, 1.82) is 0 Å². The van der Waals surface area contributed by atoms with Gasteiger partial charge in [0, 0.05) is 0 Å². The maximum Gasteiger partial charge on any atom is 0.328 e. The van der Waals surface area contributed by atoms with Gasteiger partial charge in [-0.1, -0.05) is 37.3 Å². The van der Waals surface area contributed by atoms with E-state index in [0.29, 0.717) is 6.42 Å². The van der Waals surface area contributed by atoms with Gasteiger partial charge in [0.2, 0.25) is 11.8 Å². The predicted molar refractivity (Wildman–Crippen MR) is 64.5 cm³/mol. The molecule has 1 aliphatic rings. The zero-order valence-corrected chi connectivity index (χ0v) is 9.97. The number of nitrogens with one attached hydrogen (secondary N) is 2. The number of amides is 4. The zero-order valence-electron chi connectivity index (χ0n) is 9.97. The summed E-state index contributed by atoms with van der Waals surface area (Å²) < 4.78 is 0. The van der Waals surface area contributed by atoms with Crippen LogP contribution in [0.5, 0.6) is 0 Å². The van der Waals surface area contributed by atoms with E-state index >= 15 is 0 Å². The molecule has 94 valence electrons. The molecule has 0 bridgehead atoms. The number of rotatable bonds is 3. The lowest BCUT2D eigenvalue weighted by Gasteiger charge is -2.25. The summed E-state index contributed by atoms with van der Waals surface area (Å²) in [5.41, 5.74) is 1.06. The lowest BCUT2D eigenvalue weighted by Crippen LogP contribution is -2.57. The fraction of sp³-hybridized carbons (Fsp3) is 0.308. The van der Waals surface area contributed by atoms with Crippen LogP contribution in [0.2, 0.25) is 0 Å². The second-order valence-electron chi connectivity index (χ2n) is 4.45. The number of hydrogen-bond acceptors (Lipinski definition) is 3. The van der Waals surface area contributed by atoms with Crippen LogP contribution in [0.3, 0.4) is 0 Å². The van der Waals surface area contributed by atoms with Gasteiger partial charge in [-0.25, -0.2) is 4.79 Å². The molecular formula is C13H14N2O3. The summed E-state index contributed by atoms with van der Waals surface area (Å²) in [4.78, 5) is 34.3. The second kappa shape index (κ2) is 5.00. The van der Waals surface area contributed by atoms with Gasteiger partial charge in [-0.05, 0) is 17.9 Å². The molecule has 0 unspecified atom stereocenters. The Hall–Kier alpha value is -2.17. The Bertz CT molecular complexity index is 464. The van der Waals surface area contributed by atoms with E-state index in [1.165, 1.54) is 0 Å². The first-order valence-electron chi connectivity index (χ1n) is 5.77. The number of carbonyl (C=O) groups excluding carboxylic acids is 3. The highest BCUT2D eigenvalue weighted by Crippen LogP contribution is 2.19. The molecule has 2 rings (SSSR count). The van der Waals surface area contributed by atoms with Crippen LogP contribution >= 0.6 is 0 Å². The van der Waals surface area contributed by atoms with Crippen LogP contribution < -0.4 is 10.6 Å². The molecule has 0 spiro atoms. The first-order chi connectivity index (χ1) is 8.58. The molecule has 0 aliphatic carbocycles. The third kappa shape index (κ3) is 2.56. The predicted octanol–water partition coefficient (Wildman–Crippen LogP) is 0.847.